The Bertz CT molecular complexity index is 351. The number of nitrogens with one attached hydrogen (secondary N) is 1. The molecule has 0 aliphatic carbocycles. The Labute approximate surface area is 94.9 Å². The van der Waals surface area contributed by atoms with Crippen LogP contribution in [0.1, 0.15) is 13.8 Å². The molecule has 0 saturated carbocycles. The molecule has 0 aromatic carbocycles. The van der Waals surface area contributed by atoms with Gasteiger partial charge in [0.15, 0.2) is 0 Å². The molecule has 88 valence electrons. The molecule has 0 radical (unpaired) electrons. The van der Waals surface area contributed by atoms with E-state index in [1.807, 2.05) is 18.7 Å². The lowest BCUT2D eigenvalue weighted by atomic mass is 10.4. The number of hydrogen-bond donors (Lipinski definition) is 2. The molecule has 0 fully saturated rings. The summed E-state index contributed by atoms with van der Waals surface area (Å²) in [5, 5.41) is 2.67. The monoisotopic (exact) mass is 223 g/mol. The van der Waals surface area contributed by atoms with Gasteiger partial charge >= 0.3 is 0 Å². The smallest absolute Gasteiger partial charge is 0.239 e. The normalized spacial score (nSPS) is 10.4. The molecule has 16 heavy (non-hydrogen) atoms. The number of anilines is 2. The van der Waals surface area contributed by atoms with Gasteiger partial charge in [-0.25, -0.2) is 9.97 Å². The van der Waals surface area contributed by atoms with E-state index < -0.39 is 0 Å². The molecule has 1 heterocycles. The van der Waals surface area contributed by atoms with Crippen LogP contribution in [-0.4, -0.2) is 40.4 Å². The number of likely N-dealkylation sites (N-methyl/N-ethyl adjacent to an activating group) is 1. The Kier molecular flexibility index (Phi) is 4.65. The minimum atomic E-state index is -0.0956. The van der Waals surface area contributed by atoms with Crippen molar-refractivity contribution in [3.63, 3.8) is 0 Å². The van der Waals surface area contributed by atoms with E-state index in [0.717, 1.165) is 13.1 Å². The van der Waals surface area contributed by atoms with Crippen LogP contribution in [0.5, 0.6) is 0 Å². The van der Waals surface area contributed by atoms with Crippen molar-refractivity contribution < 1.29 is 4.79 Å². The molecule has 1 amide bonds. The van der Waals surface area contributed by atoms with E-state index in [2.05, 4.69) is 15.3 Å². The van der Waals surface area contributed by atoms with Crippen LogP contribution in [0.15, 0.2) is 12.4 Å². The van der Waals surface area contributed by atoms with Gasteiger partial charge in [0, 0.05) is 6.07 Å². The lowest BCUT2D eigenvalue weighted by Crippen LogP contribution is -2.33. The van der Waals surface area contributed by atoms with Crippen molar-refractivity contribution in [2.75, 3.05) is 30.7 Å². The van der Waals surface area contributed by atoms with Crippen molar-refractivity contribution in [2.24, 2.45) is 0 Å². The van der Waals surface area contributed by atoms with Gasteiger partial charge < -0.3 is 11.1 Å². The molecule has 0 unspecified atom stereocenters. The molecule has 0 bridgehead atoms. The summed E-state index contributed by atoms with van der Waals surface area (Å²) in [4.78, 5) is 21.3. The average Bonchev–Trinajstić information content (AvgIpc) is 2.26. The van der Waals surface area contributed by atoms with Crippen LogP contribution in [0.2, 0.25) is 0 Å². The number of rotatable bonds is 5. The second-order valence-corrected chi connectivity index (χ2v) is 3.34. The van der Waals surface area contributed by atoms with Crippen molar-refractivity contribution in [3.05, 3.63) is 12.4 Å². The summed E-state index contributed by atoms with van der Waals surface area (Å²) in [7, 11) is 0. The van der Waals surface area contributed by atoms with E-state index in [-0.39, 0.29) is 5.91 Å². The quantitative estimate of drug-likeness (QED) is 0.752. The standard InChI is InChI=1S/C10H17N5O/c1-3-15(4-2)6-10(16)14-9-5-8(11)12-7-13-9/h5,7H,3-4,6H2,1-2H3,(H3,11,12,13,14,16). The molecule has 1 aromatic rings. The van der Waals surface area contributed by atoms with E-state index >= 15 is 0 Å². The second kappa shape index (κ2) is 6.02. The van der Waals surface area contributed by atoms with Crippen LogP contribution in [-0.2, 0) is 4.79 Å². The fourth-order valence-corrected chi connectivity index (χ4v) is 1.27. The lowest BCUT2D eigenvalue weighted by molar-refractivity contribution is -0.117. The first-order chi connectivity index (χ1) is 7.65. The van der Waals surface area contributed by atoms with Crippen LogP contribution in [0.4, 0.5) is 11.6 Å². The maximum absolute atomic E-state index is 11.6. The summed E-state index contributed by atoms with van der Waals surface area (Å²) in [5.74, 6) is 0.680. The van der Waals surface area contributed by atoms with Gasteiger partial charge in [-0.1, -0.05) is 13.8 Å². The van der Waals surface area contributed by atoms with Crippen molar-refractivity contribution in [1.82, 2.24) is 14.9 Å². The fraction of sp³-hybridized carbons (Fsp3) is 0.500. The van der Waals surface area contributed by atoms with Gasteiger partial charge in [0.1, 0.15) is 18.0 Å². The molecule has 0 spiro atoms. The van der Waals surface area contributed by atoms with Gasteiger partial charge in [0.05, 0.1) is 6.54 Å². The number of carbonyl (C=O) groups is 1. The average molecular weight is 223 g/mol. The minimum Gasteiger partial charge on any atom is -0.384 e. The molecule has 1 aromatic heterocycles. The van der Waals surface area contributed by atoms with Gasteiger partial charge in [-0.3, -0.25) is 9.69 Å². The van der Waals surface area contributed by atoms with E-state index in [1.165, 1.54) is 12.4 Å². The Morgan fingerprint density at radius 3 is 2.69 bits per heavy atom. The number of amides is 1. The lowest BCUT2D eigenvalue weighted by Gasteiger charge is -2.16. The third kappa shape index (κ3) is 3.82. The fourth-order valence-electron chi connectivity index (χ4n) is 1.27. The predicted octanol–water partition coefficient (Wildman–Crippen LogP) is 0.339. The van der Waals surface area contributed by atoms with Gasteiger partial charge in [-0.2, -0.15) is 0 Å². The molecule has 0 aliphatic rings. The van der Waals surface area contributed by atoms with E-state index in [1.54, 1.807) is 0 Å². The van der Waals surface area contributed by atoms with Gasteiger partial charge in [-0.05, 0) is 13.1 Å². The maximum Gasteiger partial charge on any atom is 0.239 e. The zero-order valence-corrected chi connectivity index (χ0v) is 9.60. The molecular weight excluding hydrogens is 206 g/mol. The Morgan fingerprint density at radius 2 is 2.12 bits per heavy atom. The summed E-state index contributed by atoms with van der Waals surface area (Å²) < 4.78 is 0. The van der Waals surface area contributed by atoms with Gasteiger partial charge in [-0.15, -0.1) is 0 Å². The first-order valence-electron chi connectivity index (χ1n) is 5.25. The molecular formula is C10H17N5O. The summed E-state index contributed by atoms with van der Waals surface area (Å²) in [6, 6.07) is 1.53. The van der Waals surface area contributed by atoms with E-state index in [9.17, 15) is 4.79 Å². The largest absolute Gasteiger partial charge is 0.384 e. The SMILES string of the molecule is CCN(CC)CC(=O)Nc1cc(N)ncn1. The van der Waals surface area contributed by atoms with Crippen molar-refractivity contribution in [2.45, 2.75) is 13.8 Å². The highest BCUT2D eigenvalue weighted by molar-refractivity contribution is 5.91. The number of aromatic nitrogens is 2. The van der Waals surface area contributed by atoms with Crippen LogP contribution in [0.3, 0.4) is 0 Å². The molecule has 6 nitrogen and oxygen atoms in total. The van der Waals surface area contributed by atoms with Crippen LogP contribution < -0.4 is 11.1 Å². The highest BCUT2D eigenvalue weighted by Gasteiger charge is 2.08. The van der Waals surface area contributed by atoms with E-state index in [4.69, 9.17) is 5.73 Å². The Balaban J connectivity index is 2.51. The van der Waals surface area contributed by atoms with Crippen LogP contribution in [0.25, 0.3) is 0 Å². The first-order valence-corrected chi connectivity index (χ1v) is 5.25. The first kappa shape index (κ1) is 12.4. The maximum atomic E-state index is 11.6. The molecule has 6 heteroatoms. The summed E-state index contributed by atoms with van der Waals surface area (Å²) in [6.07, 6.45) is 1.32. The zero-order chi connectivity index (χ0) is 12.0. The molecule has 0 atom stereocenters. The minimum absolute atomic E-state index is 0.0956. The Morgan fingerprint density at radius 1 is 1.44 bits per heavy atom. The number of carbonyl (C=O) groups excluding carboxylic acids is 1. The van der Waals surface area contributed by atoms with Crippen LogP contribution >= 0.6 is 0 Å². The van der Waals surface area contributed by atoms with Crippen molar-refractivity contribution >= 4 is 17.5 Å². The van der Waals surface area contributed by atoms with E-state index in [0.29, 0.717) is 18.2 Å². The van der Waals surface area contributed by atoms with Crippen LogP contribution in [0, 0.1) is 0 Å². The number of hydrogen-bond acceptors (Lipinski definition) is 5. The zero-order valence-electron chi connectivity index (χ0n) is 9.60. The highest BCUT2D eigenvalue weighted by atomic mass is 16.2. The molecule has 3 N–H and O–H groups in total. The summed E-state index contributed by atoms with van der Waals surface area (Å²) >= 11 is 0. The summed E-state index contributed by atoms with van der Waals surface area (Å²) in [5.41, 5.74) is 5.48. The topological polar surface area (TPSA) is 84.1 Å². The van der Waals surface area contributed by atoms with Crippen molar-refractivity contribution in [3.8, 4) is 0 Å². The Hall–Kier alpha value is -1.69. The van der Waals surface area contributed by atoms with Crippen molar-refractivity contribution in [1.29, 1.82) is 0 Å². The van der Waals surface area contributed by atoms with Gasteiger partial charge in [0.2, 0.25) is 5.91 Å². The third-order valence-corrected chi connectivity index (χ3v) is 2.22. The number of nitrogens with two attached hydrogens (primary N) is 1. The predicted molar refractivity (Wildman–Crippen MR) is 62.9 cm³/mol. The molecule has 1 rings (SSSR count). The molecule has 0 saturated heterocycles. The number of nitrogens with zero attached hydrogens (tertiary/aromatic N) is 3. The number of nitrogen functional groups attached to an aromatic ring is 1. The third-order valence-electron chi connectivity index (χ3n) is 2.22. The molecule has 0 aliphatic heterocycles. The highest BCUT2D eigenvalue weighted by Crippen LogP contribution is 2.04. The second-order valence-electron chi connectivity index (χ2n) is 3.34. The summed E-state index contributed by atoms with van der Waals surface area (Å²) in [6.45, 7) is 6.07. The van der Waals surface area contributed by atoms with Gasteiger partial charge in [0.25, 0.3) is 0 Å².